The van der Waals surface area contributed by atoms with Crippen molar-refractivity contribution in [2.24, 2.45) is 5.41 Å². The Balaban J connectivity index is 2.11. The number of carbonyl (C=O) groups is 1. The standard InChI is InChI=1S/C17H20O4/c1-17(2,16(18)19)11-15(14-9-6-10-20-14)21-12-13-7-4-3-5-8-13/h3-8,10H,9,11-12H2,1-2H3,(H,18,19). The summed E-state index contributed by atoms with van der Waals surface area (Å²) in [7, 11) is 0. The highest BCUT2D eigenvalue weighted by molar-refractivity contribution is 5.73. The van der Waals surface area contributed by atoms with E-state index in [1.807, 2.05) is 36.4 Å². The second-order valence-corrected chi connectivity index (χ2v) is 5.68. The fraction of sp³-hybridized carbons (Fsp3) is 0.353. The van der Waals surface area contributed by atoms with E-state index < -0.39 is 11.4 Å². The van der Waals surface area contributed by atoms with Crippen molar-refractivity contribution in [2.75, 3.05) is 0 Å². The van der Waals surface area contributed by atoms with E-state index >= 15 is 0 Å². The second kappa shape index (κ2) is 6.48. The minimum atomic E-state index is -0.898. The molecule has 0 aliphatic carbocycles. The van der Waals surface area contributed by atoms with Gasteiger partial charge in [-0.05, 0) is 25.5 Å². The molecular weight excluding hydrogens is 268 g/mol. The van der Waals surface area contributed by atoms with Crippen LogP contribution in [0.5, 0.6) is 0 Å². The number of rotatable bonds is 6. The average Bonchev–Trinajstić information content (AvgIpc) is 2.98. The van der Waals surface area contributed by atoms with Crippen LogP contribution in [0.2, 0.25) is 0 Å². The third-order valence-corrected chi connectivity index (χ3v) is 3.36. The van der Waals surface area contributed by atoms with Gasteiger partial charge in [0, 0.05) is 12.8 Å². The first-order valence-corrected chi connectivity index (χ1v) is 6.93. The van der Waals surface area contributed by atoms with E-state index in [1.54, 1.807) is 20.1 Å². The first-order valence-electron chi connectivity index (χ1n) is 6.93. The minimum absolute atomic E-state index is 0.298. The van der Waals surface area contributed by atoms with Gasteiger partial charge in [-0.15, -0.1) is 0 Å². The van der Waals surface area contributed by atoms with Crippen LogP contribution in [-0.2, 0) is 20.9 Å². The Morgan fingerprint density at radius 2 is 2.05 bits per heavy atom. The summed E-state index contributed by atoms with van der Waals surface area (Å²) in [6.07, 6.45) is 4.43. The Hall–Kier alpha value is -2.23. The molecule has 0 saturated carbocycles. The summed E-state index contributed by atoms with van der Waals surface area (Å²) < 4.78 is 11.3. The van der Waals surface area contributed by atoms with Crippen LogP contribution in [-0.4, -0.2) is 11.1 Å². The van der Waals surface area contributed by atoms with E-state index in [0.29, 0.717) is 31.0 Å². The Kier molecular flexibility index (Phi) is 4.68. The molecule has 4 heteroatoms. The van der Waals surface area contributed by atoms with Crippen molar-refractivity contribution in [1.29, 1.82) is 0 Å². The summed E-state index contributed by atoms with van der Waals surface area (Å²) in [6, 6.07) is 9.78. The zero-order chi connectivity index (χ0) is 15.3. The smallest absolute Gasteiger partial charge is 0.309 e. The summed E-state index contributed by atoms with van der Waals surface area (Å²) in [5.41, 5.74) is 0.139. The summed E-state index contributed by atoms with van der Waals surface area (Å²) >= 11 is 0. The molecule has 0 fully saturated rings. The van der Waals surface area contributed by atoms with Gasteiger partial charge < -0.3 is 14.6 Å². The van der Waals surface area contributed by atoms with Crippen LogP contribution in [0.3, 0.4) is 0 Å². The van der Waals surface area contributed by atoms with Crippen molar-refractivity contribution < 1.29 is 19.4 Å². The van der Waals surface area contributed by atoms with Gasteiger partial charge in [0.15, 0.2) is 0 Å². The van der Waals surface area contributed by atoms with E-state index in [-0.39, 0.29) is 0 Å². The van der Waals surface area contributed by atoms with Crippen LogP contribution in [0.1, 0.15) is 32.3 Å². The molecule has 0 atom stereocenters. The van der Waals surface area contributed by atoms with E-state index in [9.17, 15) is 9.90 Å². The van der Waals surface area contributed by atoms with Gasteiger partial charge in [-0.1, -0.05) is 30.3 Å². The molecule has 2 rings (SSSR count). The van der Waals surface area contributed by atoms with Gasteiger partial charge in [0.2, 0.25) is 0 Å². The second-order valence-electron chi connectivity index (χ2n) is 5.68. The normalized spacial score (nSPS) is 16.5. The van der Waals surface area contributed by atoms with Crippen LogP contribution in [0.15, 0.2) is 54.2 Å². The predicted molar refractivity (Wildman–Crippen MR) is 79.1 cm³/mol. The third kappa shape index (κ3) is 4.12. The molecule has 1 aromatic carbocycles. The van der Waals surface area contributed by atoms with E-state index in [1.165, 1.54) is 0 Å². The molecule has 1 aliphatic heterocycles. The molecule has 1 aliphatic rings. The van der Waals surface area contributed by atoms with E-state index in [0.717, 1.165) is 5.56 Å². The Morgan fingerprint density at radius 3 is 2.62 bits per heavy atom. The fourth-order valence-electron chi connectivity index (χ4n) is 1.96. The summed E-state index contributed by atoms with van der Waals surface area (Å²) in [5.74, 6) is 0.450. The number of hydrogen-bond donors (Lipinski definition) is 1. The number of benzene rings is 1. The number of hydrogen-bond acceptors (Lipinski definition) is 3. The zero-order valence-electron chi connectivity index (χ0n) is 12.3. The number of carboxylic acids is 1. The van der Waals surface area contributed by atoms with Crippen molar-refractivity contribution in [3.05, 3.63) is 59.8 Å². The molecule has 1 aromatic rings. The van der Waals surface area contributed by atoms with Crippen molar-refractivity contribution >= 4 is 5.97 Å². The SMILES string of the molecule is CC(C)(CC(OCc1ccccc1)=C1CC=CO1)C(=O)O. The van der Waals surface area contributed by atoms with E-state index in [4.69, 9.17) is 9.47 Å². The molecule has 0 unspecified atom stereocenters. The van der Waals surface area contributed by atoms with Crippen LogP contribution >= 0.6 is 0 Å². The molecule has 4 nitrogen and oxygen atoms in total. The molecular formula is C17H20O4. The van der Waals surface area contributed by atoms with Gasteiger partial charge in [-0.25, -0.2) is 0 Å². The summed E-state index contributed by atoms with van der Waals surface area (Å²) in [5, 5.41) is 9.28. The van der Waals surface area contributed by atoms with Crippen molar-refractivity contribution in [3.8, 4) is 0 Å². The zero-order valence-corrected chi connectivity index (χ0v) is 12.3. The largest absolute Gasteiger partial charge is 0.490 e. The molecule has 0 saturated heterocycles. The quantitative estimate of drug-likeness (QED) is 0.808. The lowest BCUT2D eigenvalue weighted by Crippen LogP contribution is -2.25. The molecule has 0 aromatic heterocycles. The van der Waals surface area contributed by atoms with Gasteiger partial charge >= 0.3 is 5.97 Å². The maximum Gasteiger partial charge on any atom is 0.309 e. The number of aliphatic carboxylic acids is 1. The van der Waals surface area contributed by atoms with Crippen LogP contribution in [0, 0.1) is 5.41 Å². The van der Waals surface area contributed by atoms with E-state index in [2.05, 4.69) is 0 Å². The highest BCUT2D eigenvalue weighted by Crippen LogP contribution is 2.31. The van der Waals surface area contributed by atoms with Crippen LogP contribution in [0.4, 0.5) is 0 Å². The third-order valence-electron chi connectivity index (χ3n) is 3.36. The molecule has 112 valence electrons. The molecule has 0 amide bonds. The van der Waals surface area contributed by atoms with Crippen molar-refractivity contribution in [2.45, 2.75) is 33.3 Å². The number of carboxylic acid groups (broad SMARTS) is 1. The molecule has 0 spiro atoms. The van der Waals surface area contributed by atoms with Gasteiger partial charge in [0.1, 0.15) is 18.1 Å². The lowest BCUT2D eigenvalue weighted by Gasteiger charge is -2.22. The maximum atomic E-state index is 11.3. The fourth-order valence-corrected chi connectivity index (χ4v) is 1.96. The lowest BCUT2D eigenvalue weighted by atomic mass is 9.88. The molecule has 1 heterocycles. The Bertz CT molecular complexity index is 545. The first-order chi connectivity index (χ1) is 9.99. The van der Waals surface area contributed by atoms with Gasteiger partial charge in [0.05, 0.1) is 11.7 Å². The van der Waals surface area contributed by atoms with Gasteiger partial charge in [0.25, 0.3) is 0 Å². The lowest BCUT2D eigenvalue weighted by molar-refractivity contribution is -0.147. The Morgan fingerprint density at radius 1 is 1.33 bits per heavy atom. The number of allylic oxidation sites excluding steroid dienone is 2. The molecule has 0 bridgehead atoms. The topological polar surface area (TPSA) is 55.8 Å². The van der Waals surface area contributed by atoms with Crippen molar-refractivity contribution in [1.82, 2.24) is 0 Å². The van der Waals surface area contributed by atoms with Crippen LogP contribution in [0.25, 0.3) is 0 Å². The van der Waals surface area contributed by atoms with Gasteiger partial charge in [-0.3, -0.25) is 4.79 Å². The number of ether oxygens (including phenoxy) is 2. The minimum Gasteiger partial charge on any atom is -0.490 e. The maximum absolute atomic E-state index is 11.3. The molecule has 1 N–H and O–H groups in total. The van der Waals surface area contributed by atoms with Gasteiger partial charge in [-0.2, -0.15) is 0 Å². The monoisotopic (exact) mass is 288 g/mol. The van der Waals surface area contributed by atoms with Crippen LogP contribution < -0.4 is 0 Å². The average molecular weight is 288 g/mol. The highest BCUT2D eigenvalue weighted by Gasteiger charge is 2.31. The molecule has 21 heavy (non-hydrogen) atoms. The summed E-state index contributed by atoms with van der Waals surface area (Å²) in [6.45, 7) is 3.77. The first kappa shape index (κ1) is 15.2. The predicted octanol–water partition coefficient (Wildman–Crippen LogP) is 3.85. The highest BCUT2D eigenvalue weighted by atomic mass is 16.5. The summed E-state index contributed by atoms with van der Waals surface area (Å²) in [4.78, 5) is 11.3. The molecule has 0 radical (unpaired) electrons. The Labute approximate surface area is 124 Å². The van der Waals surface area contributed by atoms with Crippen molar-refractivity contribution in [3.63, 3.8) is 0 Å².